The number of aromatic nitrogens is 1. The largest absolute Gasteiger partial charge is 0.348 e. The van der Waals surface area contributed by atoms with Crippen LogP contribution in [0.2, 0.25) is 0 Å². The summed E-state index contributed by atoms with van der Waals surface area (Å²) in [7, 11) is 0. The number of carbonyl (C=O) groups excluding carboxylic acids is 2. The smallest absolute Gasteiger partial charge is 0.326 e. The van der Waals surface area contributed by atoms with Crippen LogP contribution in [0.3, 0.4) is 0 Å². The van der Waals surface area contributed by atoms with Crippen molar-refractivity contribution in [3.63, 3.8) is 0 Å². The van der Waals surface area contributed by atoms with Crippen LogP contribution in [0.1, 0.15) is 32.7 Å². The van der Waals surface area contributed by atoms with Crippen LogP contribution in [0.25, 0.3) is 0 Å². The van der Waals surface area contributed by atoms with Crippen molar-refractivity contribution in [2.24, 2.45) is 0 Å². The minimum atomic E-state index is -0.197. The molecule has 3 amide bonds. The average Bonchev–Trinajstić information content (AvgIpc) is 2.77. The second-order valence-electron chi connectivity index (χ2n) is 7.91. The third-order valence-corrected chi connectivity index (χ3v) is 6.23. The lowest BCUT2D eigenvalue weighted by molar-refractivity contribution is 0.0951. The standard InChI is InChI=1S/C25H26N4O2S/c1-16-5-4-6-19(13-16)15-26-23(30)20-7-9-21(10-8-20)28-25(31)29-11-12-32-24-22(29)17(2)14-18(3)27-24/h4-10,13-14H,11-12,15H2,1-3H3,(H,26,30)(H,28,31). The van der Waals surface area contributed by atoms with Gasteiger partial charge < -0.3 is 10.6 Å². The molecular weight excluding hydrogens is 420 g/mol. The van der Waals surface area contributed by atoms with Gasteiger partial charge in [-0.1, -0.05) is 29.8 Å². The minimum Gasteiger partial charge on any atom is -0.348 e. The Morgan fingerprint density at radius 1 is 1.06 bits per heavy atom. The van der Waals surface area contributed by atoms with E-state index in [9.17, 15) is 9.59 Å². The summed E-state index contributed by atoms with van der Waals surface area (Å²) >= 11 is 1.68. The molecule has 4 rings (SSSR count). The molecule has 0 radical (unpaired) electrons. The van der Waals surface area contributed by atoms with E-state index in [2.05, 4.69) is 21.7 Å². The molecule has 1 aliphatic rings. The number of pyridine rings is 1. The first-order chi connectivity index (χ1) is 15.4. The van der Waals surface area contributed by atoms with Gasteiger partial charge in [0.25, 0.3) is 5.91 Å². The number of carbonyl (C=O) groups is 2. The van der Waals surface area contributed by atoms with E-state index < -0.39 is 0 Å². The van der Waals surface area contributed by atoms with Crippen molar-refractivity contribution in [2.75, 3.05) is 22.5 Å². The Morgan fingerprint density at radius 2 is 1.84 bits per heavy atom. The number of nitrogens with zero attached hydrogens (tertiary/aromatic N) is 2. The first kappa shape index (κ1) is 21.9. The quantitative estimate of drug-likeness (QED) is 0.586. The lowest BCUT2D eigenvalue weighted by atomic mass is 10.1. The van der Waals surface area contributed by atoms with Crippen LogP contribution < -0.4 is 15.5 Å². The van der Waals surface area contributed by atoms with Crippen molar-refractivity contribution in [1.29, 1.82) is 0 Å². The third kappa shape index (κ3) is 4.94. The SMILES string of the molecule is Cc1cccc(CNC(=O)c2ccc(NC(=O)N3CCSc4nc(C)cc(C)c43)cc2)c1. The molecule has 1 aromatic heterocycles. The Bertz CT molecular complexity index is 1160. The number of thioether (sulfide) groups is 1. The molecule has 1 aliphatic heterocycles. The number of urea groups is 1. The van der Waals surface area contributed by atoms with Gasteiger partial charge in [-0.2, -0.15) is 0 Å². The van der Waals surface area contributed by atoms with Gasteiger partial charge in [-0.15, -0.1) is 11.8 Å². The molecule has 0 spiro atoms. The maximum atomic E-state index is 13.0. The number of hydrogen-bond donors (Lipinski definition) is 2. The lowest BCUT2D eigenvalue weighted by Crippen LogP contribution is -2.39. The van der Waals surface area contributed by atoms with Crippen molar-refractivity contribution in [3.05, 3.63) is 82.5 Å². The normalized spacial score (nSPS) is 12.8. The lowest BCUT2D eigenvalue weighted by Gasteiger charge is -2.30. The van der Waals surface area contributed by atoms with E-state index in [1.807, 2.05) is 45.0 Å². The first-order valence-corrected chi connectivity index (χ1v) is 11.5. The Labute approximate surface area is 192 Å². The number of aryl methyl sites for hydroxylation is 3. The molecule has 2 heterocycles. The number of amides is 3. The summed E-state index contributed by atoms with van der Waals surface area (Å²) in [5, 5.41) is 6.77. The average molecular weight is 447 g/mol. The van der Waals surface area contributed by atoms with Crippen LogP contribution in [0.4, 0.5) is 16.2 Å². The van der Waals surface area contributed by atoms with E-state index in [0.717, 1.165) is 38.9 Å². The first-order valence-electron chi connectivity index (χ1n) is 10.5. The van der Waals surface area contributed by atoms with Crippen molar-refractivity contribution in [2.45, 2.75) is 32.3 Å². The molecule has 0 saturated carbocycles. The molecular formula is C25H26N4O2S. The minimum absolute atomic E-state index is 0.150. The van der Waals surface area contributed by atoms with Crippen molar-refractivity contribution in [3.8, 4) is 0 Å². The molecule has 0 bridgehead atoms. The van der Waals surface area contributed by atoms with E-state index in [4.69, 9.17) is 0 Å². The molecule has 32 heavy (non-hydrogen) atoms. The molecule has 0 saturated heterocycles. The second kappa shape index (κ2) is 9.44. The molecule has 6 nitrogen and oxygen atoms in total. The van der Waals surface area contributed by atoms with Crippen LogP contribution in [-0.2, 0) is 6.54 Å². The van der Waals surface area contributed by atoms with Crippen LogP contribution in [0.15, 0.2) is 59.6 Å². The third-order valence-electron chi connectivity index (χ3n) is 5.28. The highest BCUT2D eigenvalue weighted by Gasteiger charge is 2.26. The van der Waals surface area contributed by atoms with Crippen molar-refractivity contribution >= 4 is 35.1 Å². The number of nitrogens with one attached hydrogen (secondary N) is 2. The van der Waals surface area contributed by atoms with Gasteiger partial charge in [0.15, 0.2) is 0 Å². The number of anilines is 2. The number of benzene rings is 2. The monoisotopic (exact) mass is 446 g/mol. The highest BCUT2D eigenvalue weighted by Crippen LogP contribution is 2.36. The number of fused-ring (bicyclic) bond motifs is 1. The maximum absolute atomic E-state index is 13.0. The zero-order valence-electron chi connectivity index (χ0n) is 18.4. The van der Waals surface area contributed by atoms with Crippen molar-refractivity contribution in [1.82, 2.24) is 10.3 Å². The zero-order chi connectivity index (χ0) is 22.7. The molecule has 164 valence electrons. The van der Waals surface area contributed by atoms with Crippen LogP contribution >= 0.6 is 11.8 Å². The van der Waals surface area contributed by atoms with E-state index in [1.165, 1.54) is 0 Å². The molecule has 2 aromatic carbocycles. The van der Waals surface area contributed by atoms with E-state index >= 15 is 0 Å². The molecule has 0 unspecified atom stereocenters. The summed E-state index contributed by atoms with van der Waals surface area (Å²) in [6.45, 7) is 7.08. The Balaban J connectivity index is 1.40. The summed E-state index contributed by atoms with van der Waals surface area (Å²) in [5.74, 6) is 0.652. The fraction of sp³-hybridized carbons (Fsp3) is 0.240. The zero-order valence-corrected chi connectivity index (χ0v) is 19.3. The molecule has 0 fully saturated rings. The van der Waals surface area contributed by atoms with Crippen molar-refractivity contribution < 1.29 is 9.59 Å². The summed E-state index contributed by atoms with van der Waals surface area (Å²) in [4.78, 5) is 31.8. The van der Waals surface area contributed by atoms with Gasteiger partial charge >= 0.3 is 6.03 Å². The molecule has 3 aromatic rings. The highest BCUT2D eigenvalue weighted by molar-refractivity contribution is 7.99. The molecule has 2 N–H and O–H groups in total. The summed E-state index contributed by atoms with van der Waals surface area (Å²) in [6, 6.07) is 16.8. The van der Waals surface area contributed by atoms with Gasteiger partial charge in [-0.25, -0.2) is 9.78 Å². The van der Waals surface area contributed by atoms with Crippen LogP contribution in [0, 0.1) is 20.8 Å². The van der Waals surface area contributed by atoms with E-state index in [0.29, 0.717) is 24.3 Å². The van der Waals surface area contributed by atoms with Crippen LogP contribution in [-0.4, -0.2) is 29.2 Å². The Kier molecular flexibility index (Phi) is 6.46. The van der Waals surface area contributed by atoms with Gasteiger partial charge in [0.1, 0.15) is 5.03 Å². The predicted octanol–water partition coefficient (Wildman–Crippen LogP) is 5.08. The van der Waals surface area contributed by atoms with Gasteiger partial charge in [0, 0.05) is 35.8 Å². The fourth-order valence-corrected chi connectivity index (χ4v) is 4.86. The topological polar surface area (TPSA) is 74.3 Å². The predicted molar refractivity (Wildman–Crippen MR) is 130 cm³/mol. The Hall–Kier alpha value is -3.32. The number of rotatable bonds is 4. The van der Waals surface area contributed by atoms with Crippen LogP contribution in [0.5, 0.6) is 0 Å². The maximum Gasteiger partial charge on any atom is 0.326 e. The van der Waals surface area contributed by atoms with E-state index in [1.54, 1.807) is 40.9 Å². The number of hydrogen-bond acceptors (Lipinski definition) is 4. The van der Waals surface area contributed by atoms with Gasteiger partial charge in [0.05, 0.1) is 5.69 Å². The van der Waals surface area contributed by atoms with Gasteiger partial charge in [-0.05, 0) is 62.2 Å². The molecule has 0 aliphatic carbocycles. The Morgan fingerprint density at radius 3 is 2.59 bits per heavy atom. The summed E-state index contributed by atoms with van der Waals surface area (Å²) in [5.41, 5.74) is 6.27. The van der Waals surface area contributed by atoms with Gasteiger partial charge in [0.2, 0.25) is 0 Å². The molecule has 0 atom stereocenters. The summed E-state index contributed by atoms with van der Waals surface area (Å²) < 4.78 is 0. The molecule has 7 heteroatoms. The second-order valence-corrected chi connectivity index (χ2v) is 9.00. The van der Waals surface area contributed by atoms with Gasteiger partial charge in [-0.3, -0.25) is 9.69 Å². The van der Waals surface area contributed by atoms with E-state index in [-0.39, 0.29) is 11.9 Å². The highest BCUT2D eigenvalue weighted by atomic mass is 32.2. The fourth-order valence-electron chi connectivity index (χ4n) is 3.78. The summed E-state index contributed by atoms with van der Waals surface area (Å²) in [6.07, 6.45) is 0.